The van der Waals surface area contributed by atoms with Gasteiger partial charge in [-0.2, -0.15) is 0 Å². The molecule has 12 N–H and O–H groups in total. The highest BCUT2D eigenvalue weighted by Gasteiger charge is 2.37. The second kappa shape index (κ2) is 29.2. The van der Waals surface area contributed by atoms with Gasteiger partial charge in [-0.15, -0.1) is 0 Å². The van der Waals surface area contributed by atoms with Crippen molar-refractivity contribution in [2.24, 2.45) is 11.7 Å². The summed E-state index contributed by atoms with van der Waals surface area (Å²) in [6, 6.07) is 24.8. The van der Waals surface area contributed by atoms with Crippen molar-refractivity contribution >= 4 is 81.3 Å². The van der Waals surface area contributed by atoms with Crippen LogP contribution in [-0.2, 0) is 64.0 Å². The van der Waals surface area contributed by atoms with E-state index in [0.717, 1.165) is 37.6 Å². The van der Waals surface area contributed by atoms with Gasteiger partial charge in [-0.3, -0.25) is 38.4 Å². The molecule has 8 atom stereocenters. The second-order valence-electron chi connectivity index (χ2n) is 22.4. The van der Waals surface area contributed by atoms with Crippen LogP contribution in [0.1, 0.15) is 69.5 Å². The normalized spacial score (nSPS) is 16.0. The maximum absolute atomic E-state index is 14.6. The number of aromatic amines is 3. The molecule has 2 aliphatic heterocycles. The minimum absolute atomic E-state index is 0.0137. The lowest BCUT2D eigenvalue weighted by Gasteiger charge is -2.32. The molecule has 24 heteroatoms. The Bertz CT molecular complexity index is 3480. The van der Waals surface area contributed by atoms with Gasteiger partial charge in [0.25, 0.3) is 0 Å². The maximum Gasteiger partial charge on any atom is 0.245 e. The van der Waals surface area contributed by atoms with Crippen LogP contribution < -0.4 is 47.9 Å². The van der Waals surface area contributed by atoms with Gasteiger partial charge < -0.3 is 67.7 Å². The van der Waals surface area contributed by atoms with Crippen LogP contribution in [-0.4, -0.2) is 145 Å². The minimum Gasteiger partial charge on any atom is -0.368 e. The van der Waals surface area contributed by atoms with E-state index in [4.69, 9.17) is 5.73 Å². The van der Waals surface area contributed by atoms with Gasteiger partial charge in [0, 0.05) is 102 Å². The number of nitrogens with zero attached hydrogens (tertiary/aromatic N) is 4. The number of likely N-dealkylation sites (tertiary alicyclic amines) is 1. The van der Waals surface area contributed by atoms with E-state index in [9.17, 15) is 38.4 Å². The molecule has 8 amide bonds. The highest BCUT2D eigenvalue weighted by Crippen LogP contribution is 2.47. The second-order valence-corrected chi connectivity index (χ2v) is 23.5. The van der Waals surface area contributed by atoms with Crippen molar-refractivity contribution in [3.05, 3.63) is 157 Å². The summed E-state index contributed by atoms with van der Waals surface area (Å²) in [6.07, 6.45) is 9.60. The molecule has 1 saturated heterocycles. The molecule has 0 bridgehead atoms. The molecule has 0 radical (unpaired) electrons. The number of benzene rings is 4. The van der Waals surface area contributed by atoms with Crippen molar-refractivity contribution in [2.45, 2.75) is 131 Å². The molecule has 0 saturated carbocycles. The Kier molecular flexibility index (Phi) is 20.9. The van der Waals surface area contributed by atoms with Gasteiger partial charge in [0.2, 0.25) is 47.3 Å². The largest absolute Gasteiger partial charge is 0.368 e. The first-order valence-electron chi connectivity index (χ1n) is 29.3. The first-order chi connectivity index (χ1) is 42.0. The van der Waals surface area contributed by atoms with E-state index in [1.165, 1.54) is 26.5 Å². The first kappa shape index (κ1) is 62.2. The molecular formula is C63H75N15O8S. The van der Waals surface area contributed by atoms with Crippen LogP contribution in [0.25, 0.3) is 10.9 Å². The number of carbonyl (C=O) groups excluding carboxylic acids is 8. The summed E-state index contributed by atoms with van der Waals surface area (Å²) in [4.78, 5) is 135. The zero-order chi connectivity index (χ0) is 61.6. The molecule has 87 heavy (non-hydrogen) atoms. The standard InChI is InChI=1S/C63H75N15O8S/c1-37(2)56(62(85)72-38(3)58(81)75-50(30-43-33-66-36-70-43)63(86)77-25-14-17-44(77)34-68-47(57(64)80)27-40-15-6-5-7-16-40)76-59(82)39(4)71-60(83)48(28-41-31-67-46-19-9-8-18-45(41)46)74-61(84)49(29-42-32-65-35-69-42)73-55(79)24-26-78-51-20-10-12-22-53(51)87-54-23-13-11-21-52(54)78/h5-13,15-16,18-23,31-33,35-39,44,47-50,56,67-68H,14,17,24-30,34H2,1-4H3,(H2,64,80)(H,65,69)(H,66,70)(H,71,83)(H,72,85)(H,73,79)(H,74,84)(H,75,81)(H,76,82)/t38-,39+,44-,47+,48+,49+,50+,56+/m1/s1. The number of amides is 8. The van der Waals surface area contributed by atoms with E-state index in [1.807, 2.05) is 103 Å². The summed E-state index contributed by atoms with van der Waals surface area (Å²) in [7, 11) is 0. The predicted octanol–water partition coefficient (Wildman–Crippen LogP) is 3.62. The molecule has 0 unspecified atom stereocenters. The SMILES string of the molecule is CC(C)[C@H](NC(=O)[C@H](C)NC(=O)[C@H](Cc1c[nH]c2ccccc12)NC(=O)[C@H](Cc1cnc[nH]1)NC(=O)CCN1c2ccccc2Sc2ccccc21)C(=O)N[C@H](C)C(=O)N[C@@H](Cc1cnc[nH]1)C(=O)N1CCC[C@@H]1CN[C@@H](Cc1ccccc1)C(N)=O. The number of carbonyl (C=O) groups is 8. The summed E-state index contributed by atoms with van der Waals surface area (Å²) >= 11 is 1.66. The number of nitrogens with one attached hydrogen (secondary N) is 10. The van der Waals surface area contributed by atoms with Gasteiger partial charge in [0.15, 0.2) is 0 Å². The van der Waals surface area contributed by atoms with Crippen molar-refractivity contribution in [3.63, 3.8) is 0 Å². The van der Waals surface area contributed by atoms with E-state index >= 15 is 0 Å². The number of nitrogens with two attached hydrogens (primary N) is 1. The van der Waals surface area contributed by atoms with Crippen molar-refractivity contribution < 1.29 is 38.4 Å². The number of fused-ring (bicyclic) bond motifs is 3. The Balaban J connectivity index is 0.835. The summed E-state index contributed by atoms with van der Waals surface area (Å²) in [5, 5.41) is 20.9. The molecule has 4 aromatic carbocycles. The lowest BCUT2D eigenvalue weighted by molar-refractivity contribution is -0.138. The van der Waals surface area contributed by atoms with Gasteiger partial charge in [-0.05, 0) is 80.5 Å². The molecule has 9 rings (SSSR count). The van der Waals surface area contributed by atoms with Crippen LogP contribution in [0.15, 0.2) is 144 Å². The lowest BCUT2D eigenvalue weighted by Crippen LogP contribution is -2.60. The van der Waals surface area contributed by atoms with Gasteiger partial charge in [-0.1, -0.05) is 98.4 Å². The smallest absolute Gasteiger partial charge is 0.245 e. The first-order valence-corrected chi connectivity index (χ1v) is 30.1. The number of anilines is 2. The van der Waals surface area contributed by atoms with Crippen LogP contribution in [0, 0.1) is 5.92 Å². The third kappa shape index (κ3) is 16.2. The average molecular weight is 1200 g/mol. The van der Waals surface area contributed by atoms with E-state index in [1.54, 1.807) is 49.1 Å². The average Bonchev–Trinajstić information content (AvgIpc) is 4.16. The third-order valence-electron chi connectivity index (χ3n) is 15.7. The summed E-state index contributed by atoms with van der Waals surface area (Å²) in [5.74, 6) is -5.24. The molecule has 1 fully saturated rings. The lowest BCUT2D eigenvalue weighted by atomic mass is 10.0. The molecule has 5 heterocycles. The Morgan fingerprint density at radius 2 is 1.18 bits per heavy atom. The maximum atomic E-state index is 14.6. The highest BCUT2D eigenvalue weighted by molar-refractivity contribution is 7.99. The molecule has 23 nitrogen and oxygen atoms in total. The van der Waals surface area contributed by atoms with E-state index in [0.29, 0.717) is 49.3 Å². The van der Waals surface area contributed by atoms with Crippen LogP contribution >= 0.6 is 11.8 Å². The number of H-pyrrole nitrogens is 3. The van der Waals surface area contributed by atoms with E-state index in [2.05, 4.69) is 67.0 Å². The van der Waals surface area contributed by atoms with Crippen molar-refractivity contribution in [2.75, 3.05) is 24.5 Å². The molecule has 7 aromatic rings. The van der Waals surface area contributed by atoms with Crippen LogP contribution in [0.4, 0.5) is 11.4 Å². The fourth-order valence-corrected chi connectivity index (χ4v) is 12.0. The van der Waals surface area contributed by atoms with Gasteiger partial charge in [0.1, 0.15) is 36.3 Å². The number of rotatable bonds is 28. The number of para-hydroxylation sites is 3. The fourth-order valence-electron chi connectivity index (χ4n) is 10.9. The van der Waals surface area contributed by atoms with Crippen LogP contribution in [0.3, 0.4) is 0 Å². The van der Waals surface area contributed by atoms with E-state index < -0.39 is 89.6 Å². The van der Waals surface area contributed by atoms with Crippen LogP contribution in [0.2, 0.25) is 0 Å². The number of primary amides is 1. The highest BCUT2D eigenvalue weighted by atomic mass is 32.2. The zero-order valence-electron chi connectivity index (χ0n) is 49.0. The quantitative estimate of drug-likeness (QED) is 0.0334. The van der Waals surface area contributed by atoms with Gasteiger partial charge in [-0.25, -0.2) is 9.97 Å². The Morgan fingerprint density at radius 3 is 1.83 bits per heavy atom. The Morgan fingerprint density at radius 1 is 0.609 bits per heavy atom. The zero-order valence-corrected chi connectivity index (χ0v) is 49.8. The Labute approximate surface area is 508 Å². The number of hydrogen-bond donors (Lipinski definition) is 11. The number of imidazole rings is 2. The van der Waals surface area contributed by atoms with Gasteiger partial charge >= 0.3 is 0 Å². The van der Waals surface area contributed by atoms with Gasteiger partial charge in [0.05, 0.1) is 30.1 Å². The minimum atomic E-state index is -1.27. The van der Waals surface area contributed by atoms with E-state index in [-0.39, 0.29) is 44.2 Å². The summed E-state index contributed by atoms with van der Waals surface area (Å²) in [5.41, 5.74) is 11.3. The third-order valence-corrected chi connectivity index (χ3v) is 16.8. The molecule has 2 aliphatic rings. The fraction of sp³-hybridized carbons (Fsp3) is 0.365. The molecule has 3 aromatic heterocycles. The van der Waals surface area contributed by atoms with Crippen molar-refractivity contribution in [3.8, 4) is 0 Å². The topological polar surface area (TPSA) is 326 Å². The van der Waals surface area contributed by atoms with Crippen LogP contribution in [0.5, 0.6) is 0 Å². The molecule has 456 valence electrons. The summed E-state index contributed by atoms with van der Waals surface area (Å²) < 4.78 is 0. The monoisotopic (exact) mass is 1200 g/mol. The van der Waals surface area contributed by atoms with Crippen molar-refractivity contribution in [1.29, 1.82) is 0 Å². The summed E-state index contributed by atoms with van der Waals surface area (Å²) in [6.45, 7) is 7.35. The number of hydrogen-bond acceptors (Lipinski definition) is 13. The Hall–Kier alpha value is -9.29. The molecular weight excluding hydrogens is 1130 g/mol. The molecule has 0 aliphatic carbocycles. The molecule has 0 spiro atoms. The number of aromatic nitrogens is 5. The predicted molar refractivity (Wildman–Crippen MR) is 329 cm³/mol. The van der Waals surface area contributed by atoms with Crippen molar-refractivity contribution in [1.82, 2.24) is 67.0 Å².